The van der Waals surface area contributed by atoms with E-state index in [0.29, 0.717) is 12.1 Å². The van der Waals surface area contributed by atoms with Crippen molar-refractivity contribution in [2.45, 2.75) is 19.4 Å². The molecule has 0 bridgehead atoms. The molecule has 1 atom stereocenters. The largest absolute Gasteiger partial charge is 0.328 e. The summed E-state index contributed by atoms with van der Waals surface area (Å²) in [7, 11) is 0. The Labute approximate surface area is 146 Å². The Hall–Kier alpha value is -3.01. The van der Waals surface area contributed by atoms with Crippen LogP contribution >= 0.6 is 0 Å². The molecular formula is C21H19N3O. The van der Waals surface area contributed by atoms with Crippen molar-refractivity contribution in [1.82, 2.24) is 14.9 Å². The molecule has 0 saturated heterocycles. The highest BCUT2D eigenvalue weighted by molar-refractivity contribution is 6.07. The predicted molar refractivity (Wildman–Crippen MR) is 99.2 cm³/mol. The van der Waals surface area contributed by atoms with Crippen LogP contribution in [0.5, 0.6) is 0 Å². The number of hydrogen-bond donors (Lipinski definition) is 0. The normalized spacial score (nSPS) is 16.5. The van der Waals surface area contributed by atoms with Gasteiger partial charge in [-0.15, -0.1) is 0 Å². The van der Waals surface area contributed by atoms with E-state index in [1.165, 1.54) is 0 Å². The van der Waals surface area contributed by atoms with E-state index >= 15 is 0 Å². The van der Waals surface area contributed by atoms with Crippen molar-refractivity contribution in [1.29, 1.82) is 0 Å². The molecule has 4 nitrogen and oxygen atoms in total. The maximum absolute atomic E-state index is 13.3. The molecule has 3 aromatic rings. The molecular weight excluding hydrogens is 310 g/mol. The number of rotatable bonds is 3. The maximum atomic E-state index is 13.3. The van der Waals surface area contributed by atoms with Gasteiger partial charge in [0.15, 0.2) is 0 Å². The van der Waals surface area contributed by atoms with Crippen LogP contribution in [-0.4, -0.2) is 33.4 Å². The SMILES string of the molecule is CCC1C=CCN1C(=O)c1cc(-c2ccncc2)nc2ccccc12. The van der Waals surface area contributed by atoms with Crippen LogP contribution in [0, 0.1) is 0 Å². The Balaban J connectivity index is 1.86. The van der Waals surface area contributed by atoms with Crippen LogP contribution in [0.1, 0.15) is 23.7 Å². The zero-order valence-electron chi connectivity index (χ0n) is 14.1. The van der Waals surface area contributed by atoms with Gasteiger partial charge in [0, 0.05) is 29.9 Å². The van der Waals surface area contributed by atoms with E-state index in [-0.39, 0.29) is 11.9 Å². The van der Waals surface area contributed by atoms with Gasteiger partial charge in [0.1, 0.15) is 0 Å². The van der Waals surface area contributed by atoms with E-state index in [2.05, 4.69) is 24.1 Å². The third-order valence-electron chi connectivity index (χ3n) is 4.66. The summed E-state index contributed by atoms with van der Waals surface area (Å²) in [6, 6.07) is 13.7. The van der Waals surface area contributed by atoms with Gasteiger partial charge in [-0.1, -0.05) is 37.3 Å². The van der Waals surface area contributed by atoms with Crippen molar-refractivity contribution in [2.24, 2.45) is 0 Å². The molecule has 1 aliphatic heterocycles. The fraction of sp³-hybridized carbons (Fsp3) is 0.190. The first-order valence-electron chi connectivity index (χ1n) is 8.55. The van der Waals surface area contributed by atoms with Gasteiger partial charge < -0.3 is 4.90 Å². The zero-order chi connectivity index (χ0) is 17.2. The van der Waals surface area contributed by atoms with Crippen molar-refractivity contribution >= 4 is 16.8 Å². The lowest BCUT2D eigenvalue weighted by molar-refractivity contribution is 0.0749. The van der Waals surface area contributed by atoms with Crippen molar-refractivity contribution in [3.05, 3.63) is 72.6 Å². The molecule has 4 heteroatoms. The second-order valence-corrected chi connectivity index (χ2v) is 6.17. The highest BCUT2D eigenvalue weighted by Gasteiger charge is 2.26. The number of benzene rings is 1. The molecule has 0 spiro atoms. The summed E-state index contributed by atoms with van der Waals surface area (Å²) in [5.41, 5.74) is 3.30. The first kappa shape index (κ1) is 15.5. The lowest BCUT2D eigenvalue weighted by Gasteiger charge is -2.24. The quantitative estimate of drug-likeness (QED) is 0.680. The number of carbonyl (C=O) groups excluding carboxylic acids is 1. The summed E-state index contributed by atoms with van der Waals surface area (Å²) < 4.78 is 0. The Morgan fingerprint density at radius 3 is 2.80 bits per heavy atom. The highest BCUT2D eigenvalue weighted by atomic mass is 16.2. The minimum absolute atomic E-state index is 0.0609. The molecule has 0 fully saturated rings. The second kappa shape index (κ2) is 6.48. The minimum atomic E-state index is 0.0609. The smallest absolute Gasteiger partial charge is 0.255 e. The topological polar surface area (TPSA) is 46.1 Å². The van der Waals surface area contributed by atoms with Crippen LogP contribution < -0.4 is 0 Å². The second-order valence-electron chi connectivity index (χ2n) is 6.17. The summed E-state index contributed by atoms with van der Waals surface area (Å²) >= 11 is 0. The predicted octanol–water partition coefficient (Wildman–Crippen LogP) is 4.09. The number of carbonyl (C=O) groups is 1. The van der Waals surface area contributed by atoms with Gasteiger partial charge in [0.25, 0.3) is 5.91 Å². The molecule has 25 heavy (non-hydrogen) atoms. The third kappa shape index (κ3) is 2.80. The molecule has 1 aromatic carbocycles. The first-order valence-corrected chi connectivity index (χ1v) is 8.55. The van der Waals surface area contributed by atoms with Gasteiger partial charge in [-0.2, -0.15) is 0 Å². The Kier molecular flexibility index (Phi) is 4.02. The van der Waals surface area contributed by atoms with E-state index < -0.39 is 0 Å². The minimum Gasteiger partial charge on any atom is -0.328 e. The lowest BCUT2D eigenvalue weighted by Crippen LogP contribution is -2.35. The van der Waals surface area contributed by atoms with Gasteiger partial charge in [0.05, 0.1) is 22.8 Å². The molecule has 4 rings (SSSR count). The van der Waals surface area contributed by atoms with Crippen LogP contribution in [0.15, 0.2) is 67.0 Å². The van der Waals surface area contributed by atoms with Crippen molar-refractivity contribution < 1.29 is 4.79 Å². The van der Waals surface area contributed by atoms with E-state index in [9.17, 15) is 4.79 Å². The molecule has 1 amide bonds. The number of aromatic nitrogens is 2. The van der Waals surface area contributed by atoms with Gasteiger partial charge in [-0.05, 0) is 30.7 Å². The summed E-state index contributed by atoms with van der Waals surface area (Å²) in [6.45, 7) is 2.77. The van der Waals surface area contributed by atoms with Crippen LogP contribution in [0.4, 0.5) is 0 Å². The molecule has 0 saturated carbocycles. The van der Waals surface area contributed by atoms with E-state index in [0.717, 1.165) is 28.6 Å². The van der Waals surface area contributed by atoms with Gasteiger partial charge in [-0.3, -0.25) is 9.78 Å². The maximum Gasteiger partial charge on any atom is 0.255 e. The van der Waals surface area contributed by atoms with Gasteiger partial charge in [-0.25, -0.2) is 4.98 Å². The van der Waals surface area contributed by atoms with Crippen LogP contribution in [-0.2, 0) is 0 Å². The Morgan fingerprint density at radius 2 is 2.00 bits per heavy atom. The monoisotopic (exact) mass is 329 g/mol. The molecule has 2 aromatic heterocycles. The fourth-order valence-corrected chi connectivity index (χ4v) is 3.34. The summed E-state index contributed by atoms with van der Waals surface area (Å²) in [5.74, 6) is 0.0609. The molecule has 0 aliphatic carbocycles. The van der Waals surface area contributed by atoms with Crippen LogP contribution in [0.3, 0.4) is 0 Å². The molecule has 0 radical (unpaired) electrons. The van der Waals surface area contributed by atoms with Crippen molar-refractivity contribution in [3.63, 3.8) is 0 Å². The molecule has 1 unspecified atom stereocenters. The highest BCUT2D eigenvalue weighted by Crippen LogP contribution is 2.27. The molecule has 1 aliphatic rings. The first-order chi connectivity index (χ1) is 12.3. The summed E-state index contributed by atoms with van der Waals surface area (Å²) in [5, 5.41) is 0.895. The standard InChI is InChI=1S/C21H19N3O/c1-2-16-6-5-13-24(16)21(25)18-14-20(15-9-11-22-12-10-15)23-19-8-4-3-7-17(18)19/h3-12,14,16H,2,13H2,1H3. The number of pyridine rings is 2. The number of hydrogen-bond acceptors (Lipinski definition) is 3. The molecule has 0 N–H and O–H groups in total. The Bertz CT molecular complexity index is 950. The van der Waals surface area contributed by atoms with Gasteiger partial charge >= 0.3 is 0 Å². The van der Waals surface area contributed by atoms with Crippen molar-refractivity contribution in [2.75, 3.05) is 6.54 Å². The molecule has 124 valence electrons. The average Bonchev–Trinajstić information content (AvgIpc) is 3.16. The van der Waals surface area contributed by atoms with E-state index in [1.807, 2.05) is 47.4 Å². The average molecular weight is 329 g/mol. The van der Waals surface area contributed by atoms with Crippen LogP contribution in [0.2, 0.25) is 0 Å². The van der Waals surface area contributed by atoms with Gasteiger partial charge in [0.2, 0.25) is 0 Å². The zero-order valence-corrected chi connectivity index (χ0v) is 14.1. The number of nitrogens with zero attached hydrogens (tertiary/aromatic N) is 3. The Morgan fingerprint density at radius 1 is 1.20 bits per heavy atom. The summed E-state index contributed by atoms with van der Waals surface area (Å²) in [6.07, 6.45) is 8.59. The third-order valence-corrected chi connectivity index (χ3v) is 4.66. The fourth-order valence-electron chi connectivity index (χ4n) is 3.34. The van der Waals surface area contributed by atoms with E-state index in [4.69, 9.17) is 4.98 Å². The van der Waals surface area contributed by atoms with E-state index in [1.54, 1.807) is 12.4 Å². The summed E-state index contributed by atoms with van der Waals surface area (Å²) in [4.78, 5) is 24.0. The number of amides is 1. The number of fused-ring (bicyclic) bond motifs is 1. The molecule has 3 heterocycles. The van der Waals surface area contributed by atoms with Crippen LogP contribution in [0.25, 0.3) is 22.2 Å². The number of para-hydroxylation sites is 1. The lowest BCUT2D eigenvalue weighted by atomic mass is 10.0. The van der Waals surface area contributed by atoms with Crippen molar-refractivity contribution in [3.8, 4) is 11.3 Å².